The van der Waals surface area contributed by atoms with E-state index in [1.807, 2.05) is 19.1 Å². The van der Waals surface area contributed by atoms with Gasteiger partial charge in [-0.05, 0) is 60.9 Å². The molecule has 1 saturated heterocycles. The summed E-state index contributed by atoms with van der Waals surface area (Å²) in [7, 11) is 0. The van der Waals surface area contributed by atoms with Gasteiger partial charge in [-0.15, -0.1) is 10.2 Å². The van der Waals surface area contributed by atoms with Crippen LogP contribution in [0, 0.1) is 5.92 Å². The Labute approximate surface area is 193 Å². The first-order valence-electron chi connectivity index (χ1n) is 11.7. The fraction of sp³-hybridized carbons (Fsp3) is 0.480. The lowest BCUT2D eigenvalue weighted by Crippen LogP contribution is -2.34. The summed E-state index contributed by atoms with van der Waals surface area (Å²) >= 11 is 1.50. The quantitative estimate of drug-likeness (QED) is 0.516. The Morgan fingerprint density at radius 3 is 2.59 bits per heavy atom. The molecule has 7 heteroatoms. The first kappa shape index (κ1) is 21.3. The maximum absolute atomic E-state index is 12.7. The summed E-state index contributed by atoms with van der Waals surface area (Å²) in [5, 5.41) is 15.4. The number of anilines is 1. The van der Waals surface area contributed by atoms with Crippen LogP contribution < -0.4 is 10.2 Å². The van der Waals surface area contributed by atoms with E-state index < -0.39 is 0 Å². The van der Waals surface area contributed by atoms with Crippen molar-refractivity contribution in [2.75, 3.05) is 23.7 Å². The molecule has 2 aliphatic rings. The second-order valence-corrected chi connectivity index (χ2v) is 10.2. The summed E-state index contributed by atoms with van der Waals surface area (Å²) in [6, 6.07) is 15.1. The van der Waals surface area contributed by atoms with Gasteiger partial charge in [0.25, 0.3) is 0 Å². The number of thioether (sulfide) groups is 1. The molecule has 2 fully saturated rings. The highest BCUT2D eigenvalue weighted by Gasteiger charge is 2.32. The molecule has 1 atom stereocenters. The fourth-order valence-electron chi connectivity index (χ4n) is 4.42. The number of aromatic nitrogens is 3. The number of amides is 1. The Bertz CT molecular complexity index is 1100. The third-order valence-electron chi connectivity index (χ3n) is 6.61. The van der Waals surface area contributed by atoms with Crippen molar-refractivity contribution in [1.82, 2.24) is 20.1 Å². The molecule has 1 N–H and O–H groups in total. The van der Waals surface area contributed by atoms with Crippen LogP contribution in [-0.2, 0) is 4.79 Å². The number of nitrogens with zero attached hydrogens (tertiary/aromatic N) is 4. The number of fused-ring (bicyclic) bond motifs is 1. The number of nitrogens with one attached hydrogen (secondary N) is 1. The Hall–Kier alpha value is -2.54. The van der Waals surface area contributed by atoms with Gasteiger partial charge in [0.2, 0.25) is 11.9 Å². The van der Waals surface area contributed by atoms with E-state index in [0.717, 1.165) is 35.7 Å². The normalized spacial score (nSPS) is 18.1. The Kier molecular flexibility index (Phi) is 6.09. The second-order valence-electron chi connectivity index (χ2n) is 9.24. The van der Waals surface area contributed by atoms with Crippen molar-refractivity contribution in [3.05, 3.63) is 48.0 Å². The van der Waals surface area contributed by atoms with Crippen LogP contribution in [0.3, 0.4) is 0 Å². The Morgan fingerprint density at radius 2 is 1.84 bits per heavy atom. The minimum absolute atomic E-state index is 0.0225. The molecule has 1 aliphatic carbocycles. The van der Waals surface area contributed by atoms with E-state index in [2.05, 4.69) is 62.2 Å². The lowest BCUT2D eigenvalue weighted by molar-refractivity contribution is -0.119. The van der Waals surface area contributed by atoms with Gasteiger partial charge in [0.15, 0.2) is 5.16 Å². The largest absolute Gasteiger partial charge is 0.349 e. The Morgan fingerprint density at radius 1 is 1.09 bits per heavy atom. The van der Waals surface area contributed by atoms with E-state index in [9.17, 15) is 4.79 Å². The van der Waals surface area contributed by atoms with Gasteiger partial charge in [-0.25, -0.2) is 0 Å². The molecule has 5 rings (SSSR count). The number of benzene rings is 2. The molecule has 1 aromatic heterocycles. The summed E-state index contributed by atoms with van der Waals surface area (Å²) in [5.41, 5.74) is 1.12. The van der Waals surface area contributed by atoms with Crippen molar-refractivity contribution in [2.24, 2.45) is 5.92 Å². The molecule has 0 radical (unpaired) electrons. The number of rotatable bonds is 7. The van der Waals surface area contributed by atoms with E-state index in [-0.39, 0.29) is 11.9 Å². The third-order valence-corrected chi connectivity index (χ3v) is 7.55. The molecule has 1 aliphatic heterocycles. The molecular weight excluding hydrogens is 418 g/mol. The van der Waals surface area contributed by atoms with Crippen LogP contribution in [0.4, 0.5) is 5.95 Å². The monoisotopic (exact) mass is 449 g/mol. The van der Waals surface area contributed by atoms with E-state index >= 15 is 0 Å². The van der Waals surface area contributed by atoms with Gasteiger partial charge in [0, 0.05) is 19.1 Å². The topological polar surface area (TPSA) is 63.1 Å². The van der Waals surface area contributed by atoms with Gasteiger partial charge < -0.3 is 10.2 Å². The predicted octanol–water partition coefficient (Wildman–Crippen LogP) is 4.97. The van der Waals surface area contributed by atoms with E-state index in [1.165, 1.54) is 48.2 Å². The molecule has 3 aromatic rings. The van der Waals surface area contributed by atoms with Crippen LogP contribution >= 0.6 is 11.8 Å². The standard InChI is InChI=1S/C25H31N5OS/c1-17-11-13-29(14-12-17)24-27-28-25(30(24)22-9-10-22)32-16-23(31)26-18(2)20-8-7-19-5-3-4-6-21(19)15-20/h3-8,15,17-18,22H,9-14,16H2,1-2H3,(H,26,31). The van der Waals surface area contributed by atoms with Gasteiger partial charge in [-0.2, -0.15) is 0 Å². The number of hydrogen-bond donors (Lipinski definition) is 1. The average molecular weight is 450 g/mol. The maximum atomic E-state index is 12.7. The lowest BCUT2D eigenvalue weighted by atomic mass is 10.00. The number of carbonyl (C=O) groups excluding carboxylic acids is 1. The molecule has 32 heavy (non-hydrogen) atoms. The minimum atomic E-state index is -0.0418. The number of piperidine rings is 1. The predicted molar refractivity (Wildman–Crippen MR) is 130 cm³/mol. The van der Waals surface area contributed by atoms with E-state index in [1.54, 1.807) is 0 Å². The van der Waals surface area contributed by atoms with Crippen molar-refractivity contribution in [3.8, 4) is 0 Å². The Balaban J connectivity index is 1.22. The maximum Gasteiger partial charge on any atom is 0.230 e. The van der Waals surface area contributed by atoms with Crippen molar-refractivity contribution in [1.29, 1.82) is 0 Å². The zero-order valence-corrected chi connectivity index (χ0v) is 19.6. The molecule has 2 aromatic carbocycles. The molecule has 0 bridgehead atoms. The number of carbonyl (C=O) groups is 1. The fourth-order valence-corrected chi connectivity index (χ4v) is 5.23. The summed E-state index contributed by atoms with van der Waals surface area (Å²) in [6.45, 7) is 6.44. The van der Waals surface area contributed by atoms with Gasteiger partial charge in [0.05, 0.1) is 11.8 Å². The molecule has 1 saturated carbocycles. The molecule has 6 nitrogen and oxygen atoms in total. The van der Waals surface area contributed by atoms with Gasteiger partial charge >= 0.3 is 0 Å². The molecular formula is C25H31N5OS. The summed E-state index contributed by atoms with van der Waals surface area (Å²) in [4.78, 5) is 15.1. The van der Waals surface area contributed by atoms with Crippen LogP contribution in [0.25, 0.3) is 10.8 Å². The third kappa shape index (κ3) is 4.63. The van der Waals surface area contributed by atoms with Crippen LogP contribution in [0.15, 0.2) is 47.6 Å². The van der Waals surface area contributed by atoms with Crippen LogP contribution in [0.2, 0.25) is 0 Å². The van der Waals surface area contributed by atoms with Crippen molar-refractivity contribution >= 4 is 34.4 Å². The van der Waals surface area contributed by atoms with E-state index in [4.69, 9.17) is 0 Å². The second kappa shape index (κ2) is 9.14. The zero-order valence-electron chi connectivity index (χ0n) is 18.8. The van der Waals surface area contributed by atoms with Gasteiger partial charge in [-0.1, -0.05) is 55.1 Å². The molecule has 2 heterocycles. The summed E-state index contributed by atoms with van der Waals surface area (Å²) < 4.78 is 2.28. The van der Waals surface area contributed by atoms with Crippen LogP contribution in [0.5, 0.6) is 0 Å². The van der Waals surface area contributed by atoms with Crippen LogP contribution in [-0.4, -0.2) is 39.5 Å². The molecule has 1 unspecified atom stereocenters. The van der Waals surface area contributed by atoms with Gasteiger partial charge in [-0.3, -0.25) is 9.36 Å². The summed E-state index contributed by atoms with van der Waals surface area (Å²) in [6.07, 6.45) is 4.76. The summed E-state index contributed by atoms with van der Waals surface area (Å²) in [5.74, 6) is 2.15. The molecule has 1 amide bonds. The minimum Gasteiger partial charge on any atom is -0.349 e. The number of hydrogen-bond acceptors (Lipinski definition) is 5. The van der Waals surface area contributed by atoms with E-state index in [0.29, 0.717) is 11.8 Å². The highest BCUT2D eigenvalue weighted by Crippen LogP contribution is 2.41. The van der Waals surface area contributed by atoms with Crippen molar-refractivity contribution in [2.45, 2.75) is 56.8 Å². The highest BCUT2D eigenvalue weighted by atomic mass is 32.2. The first-order valence-corrected chi connectivity index (χ1v) is 12.7. The first-order chi connectivity index (χ1) is 15.6. The zero-order chi connectivity index (χ0) is 22.1. The van der Waals surface area contributed by atoms with Crippen molar-refractivity contribution in [3.63, 3.8) is 0 Å². The highest BCUT2D eigenvalue weighted by molar-refractivity contribution is 7.99. The smallest absolute Gasteiger partial charge is 0.230 e. The average Bonchev–Trinajstić information content (AvgIpc) is 3.56. The SMILES string of the molecule is CC1CCN(c2nnc(SCC(=O)NC(C)c3ccc4ccccc4c3)n2C2CC2)CC1. The van der Waals surface area contributed by atoms with Crippen molar-refractivity contribution < 1.29 is 4.79 Å². The molecule has 168 valence electrons. The lowest BCUT2D eigenvalue weighted by Gasteiger charge is -2.31. The molecule has 0 spiro atoms. The van der Waals surface area contributed by atoms with Gasteiger partial charge in [0.1, 0.15) is 0 Å². The van der Waals surface area contributed by atoms with Crippen LogP contribution in [0.1, 0.15) is 57.2 Å².